The highest BCUT2D eigenvalue weighted by Gasteiger charge is 1.98. The van der Waals surface area contributed by atoms with Gasteiger partial charge in [-0.05, 0) is 35.8 Å². The van der Waals surface area contributed by atoms with Crippen LogP contribution >= 0.6 is 10.9 Å². The van der Waals surface area contributed by atoms with Crippen LogP contribution in [-0.2, 0) is 0 Å². The molecule has 0 unspecified atom stereocenters. The zero-order valence-electron chi connectivity index (χ0n) is 9.70. The quantitative estimate of drug-likeness (QED) is 0.320. The van der Waals surface area contributed by atoms with Gasteiger partial charge in [0.25, 0.3) is 0 Å². The Balaban J connectivity index is 1.79. The van der Waals surface area contributed by atoms with Gasteiger partial charge in [-0.25, -0.2) is 10.9 Å². The standard InChI is InChI=1S/C14H24S/c1-2-3-4-5-6-7-8-9-12-15-13-10-11-14-15/h2,10-11,13-15H,1,3-9,12H2. The van der Waals surface area contributed by atoms with Gasteiger partial charge in [0.15, 0.2) is 0 Å². The van der Waals surface area contributed by atoms with E-state index in [2.05, 4.69) is 29.5 Å². The van der Waals surface area contributed by atoms with Crippen LogP contribution in [0.25, 0.3) is 0 Å². The molecule has 1 aliphatic heterocycles. The number of thiol groups is 1. The SMILES string of the molecule is C=CCCCCCCCC[SH]1C=CC=C1. The van der Waals surface area contributed by atoms with E-state index in [1.165, 1.54) is 50.7 Å². The molecule has 0 bridgehead atoms. The molecule has 15 heavy (non-hydrogen) atoms. The molecule has 1 aliphatic rings. The number of allylic oxidation sites excluding steroid dienone is 3. The van der Waals surface area contributed by atoms with Gasteiger partial charge in [-0.15, -0.1) is 6.58 Å². The van der Waals surface area contributed by atoms with Crippen LogP contribution < -0.4 is 0 Å². The predicted molar refractivity (Wildman–Crippen MR) is 74.6 cm³/mol. The highest BCUT2D eigenvalue weighted by atomic mass is 32.2. The fourth-order valence-corrected chi connectivity index (χ4v) is 3.44. The molecule has 0 aromatic heterocycles. The van der Waals surface area contributed by atoms with Crippen molar-refractivity contribution >= 4 is 10.9 Å². The van der Waals surface area contributed by atoms with Crippen molar-refractivity contribution in [3.63, 3.8) is 0 Å². The lowest BCUT2D eigenvalue weighted by atomic mass is 10.1. The van der Waals surface area contributed by atoms with Gasteiger partial charge in [-0.3, -0.25) is 0 Å². The Kier molecular flexibility index (Phi) is 7.45. The topological polar surface area (TPSA) is 0 Å². The van der Waals surface area contributed by atoms with E-state index < -0.39 is 0 Å². The molecule has 0 N–H and O–H groups in total. The number of unbranched alkanes of at least 4 members (excludes halogenated alkanes) is 6. The van der Waals surface area contributed by atoms with Crippen molar-refractivity contribution in [3.05, 3.63) is 35.6 Å². The van der Waals surface area contributed by atoms with Crippen LogP contribution in [0, 0.1) is 0 Å². The van der Waals surface area contributed by atoms with Gasteiger partial charge in [-0.1, -0.05) is 43.9 Å². The maximum atomic E-state index is 3.74. The Hall–Kier alpha value is -0.430. The Morgan fingerprint density at radius 1 is 0.867 bits per heavy atom. The molecule has 1 rings (SSSR count). The van der Waals surface area contributed by atoms with Gasteiger partial charge in [0.1, 0.15) is 0 Å². The Labute approximate surface area is 97.5 Å². The first-order valence-electron chi connectivity index (χ1n) is 6.15. The third kappa shape index (κ3) is 6.62. The van der Waals surface area contributed by atoms with Crippen molar-refractivity contribution in [2.45, 2.75) is 44.9 Å². The second-order valence-corrected chi connectivity index (χ2v) is 6.19. The first-order valence-corrected chi connectivity index (χ1v) is 7.81. The van der Waals surface area contributed by atoms with Crippen molar-refractivity contribution in [1.82, 2.24) is 0 Å². The molecule has 86 valence electrons. The van der Waals surface area contributed by atoms with Crippen molar-refractivity contribution in [2.24, 2.45) is 0 Å². The van der Waals surface area contributed by atoms with E-state index in [0.29, 0.717) is 0 Å². The summed E-state index contributed by atoms with van der Waals surface area (Å²) in [6.45, 7) is 3.74. The predicted octanol–water partition coefficient (Wildman–Crippen LogP) is 4.95. The van der Waals surface area contributed by atoms with Crippen LogP contribution in [0.3, 0.4) is 0 Å². The largest absolute Gasteiger partial charge is 0.213 e. The summed E-state index contributed by atoms with van der Waals surface area (Å²) in [5.41, 5.74) is 0. The maximum Gasteiger partial charge on any atom is -0.0185 e. The summed E-state index contributed by atoms with van der Waals surface area (Å²) < 4.78 is 0. The molecule has 0 aromatic rings. The summed E-state index contributed by atoms with van der Waals surface area (Å²) in [5, 5.41) is 4.75. The highest BCUT2D eigenvalue weighted by molar-refractivity contribution is 8.22. The fraction of sp³-hybridized carbons (Fsp3) is 0.571. The van der Waals surface area contributed by atoms with Crippen molar-refractivity contribution in [1.29, 1.82) is 0 Å². The minimum absolute atomic E-state index is 0.150. The molecule has 0 saturated carbocycles. The third-order valence-corrected chi connectivity index (χ3v) is 4.68. The van der Waals surface area contributed by atoms with E-state index in [0.717, 1.165) is 0 Å². The molecule has 0 aromatic carbocycles. The summed E-state index contributed by atoms with van der Waals surface area (Å²) >= 11 is 0. The smallest absolute Gasteiger partial charge is 0.0185 e. The maximum absolute atomic E-state index is 3.74. The van der Waals surface area contributed by atoms with Crippen LogP contribution in [0.5, 0.6) is 0 Å². The Morgan fingerprint density at radius 3 is 2.13 bits per heavy atom. The van der Waals surface area contributed by atoms with E-state index in [1.54, 1.807) is 0 Å². The summed E-state index contributed by atoms with van der Waals surface area (Å²) in [7, 11) is 0.150. The molecular formula is C14H24S. The zero-order valence-corrected chi connectivity index (χ0v) is 10.6. The second kappa shape index (κ2) is 8.84. The summed E-state index contributed by atoms with van der Waals surface area (Å²) in [5.74, 6) is 1.41. The number of rotatable bonds is 9. The molecular weight excluding hydrogens is 200 g/mol. The molecule has 0 spiro atoms. The lowest BCUT2D eigenvalue weighted by Gasteiger charge is -2.08. The van der Waals surface area contributed by atoms with Crippen LogP contribution in [0.4, 0.5) is 0 Å². The zero-order chi connectivity index (χ0) is 10.8. The summed E-state index contributed by atoms with van der Waals surface area (Å²) in [4.78, 5) is 0. The fourth-order valence-electron chi connectivity index (χ4n) is 1.81. The van der Waals surface area contributed by atoms with Crippen LogP contribution in [0.1, 0.15) is 44.9 Å². The molecule has 1 heterocycles. The number of hydrogen-bond acceptors (Lipinski definition) is 0. The van der Waals surface area contributed by atoms with Gasteiger partial charge < -0.3 is 0 Å². The van der Waals surface area contributed by atoms with Gasteiger partial charge in [-0.2, -0.15) is 0 Å². The monoisotopic (exact) mass is 224 g/mol. The Bertz CT molecular complexity index is 203. The normalized spacial score (nSPS) is 16.1. The van der Waals surface area contributed by atoms with Crippen LogP contribution in [0.2, 0.25) is 0 Å². The molecule has 0 atom stereocenters. The van der Waals surface area contributed by atoms with E-state index in [1.807, 2.05) is 6.08 Å². The molecule has 0 amide bonds. The van der Waals surface area contributed by atoms with E-state index >= 15 is 0 Å². The lowest BCUT2D eigenvalue weighted by Crippen LogP contribution is -1.84. The van der Waals surface area contributed by atoms with Gasteiger partial charge in [0, 0.05) is 0 Å². The first kappa shape index (κ1) is 12.6. The van der Waals surface area contributed by atoms with E-state index in [-0.39, 0.29) is 10.9 Å². The summed E-state index contributed by atoms with van der Waals surface area (Å²) in [6, 6.07) is 0. The van der Waals surface area contributed by atoms with E-state index in [9.17, 15) is 0 Å². The average Bonchev–Trinajstić information content (AvgIpc) is 2.75. The van der Waals surface area contributed by atoms with Crippen molar-refractivity contribution in [2.75, 3.05) is 5.75 Å². The molecule has 0 nitrogen and oxygen atoms in total. The van der Waals surface area contributed by atoms with E-state index in [4.69, 9.17) is 0 Å². The second-order valence-electron chi connectivity index (χ2n) is 4.12. The molecule has 0 radical (unpaired) electrons. The van der Waals surface area contributed by atoms with Crippen LogP contribution in [0.15, 0.2) is 35.6 Å². The van der Waals surface area contributed by atoms with Crippen molar-refractivity contribution < 1.29 is 0 Å². The minimum atomic E-state index is 0.150. The highest BCUT2D eigenvalue weighted by Crippen LogP contribution is 2.33. The van der Waals surface area contributed by atoms with Crippen LogP contribution in [-0.4, -0.2) is 5.75 Å². The van der Waals surface area contributed by atoms with Gasteiger partial charge in [0.2, 0.25) is 0 Å². The molecule has 0 aliphatic carbocycles. The number of hydrogen-bond donors (Lipinski definition) is 1. The molecule has 0 fully saturated rings. The molecule has 1 heteroatoms. The third-order valence-electron chi connectivity index (χ3n) is 2.74. The van der Waals surface area contributed by atoms with Gasteiger partial charge >= 0.3 is 0 Å². The first-order chi connectivity index (χ1) is 7.43. The Morgan fingerprint density at radius 2 is 1.47 bits per heavy atom. The van der Waals surface area contributed by atoms with Crippen molar-refractivity contribution in [3.8, 4) is 0 Å². The summed E-state index contributed by atoms with van der Waals surface area (Å²) in [6.07, 6.45) is 16.0. The average molecular weight is 224 g/mol. The lowest BCUT2D eigenvalue weighted by molar-refractivity contribution is 0.613. The molecule has 0 saturated heterocycles. The van der Waals surface area contributed by atoms with Gasteiger partial charge in [0.05, 0.1) is 0 Å². The minimum Gasteiger partial charge on any atom is -0.213 e.